The van der Waals surface area contributed by atoms with Gasteiger partial charge in [-0.05, 0) is 48.9 Å². The summed E-state index contributed by atoms with van der Waals surface area (Å²) in [4.78, 5) is 24.4. The summed E-state index contributed by atoms with van der Waals surface area (Å²) in [6.45, 7) is 6.31. The highest BCUT2D eigenvalue weighted by molar-refractivity contribution is 7.88. The first-order valence-electron chi connectivity index (χ1n) is 9.28. The molecule has 1 saturated heterocycles. The highest BCUT2D eigenvalue weighted by atomic mass is 32.2. The van der Waals surface area contributed by atoms with Gasteiger partial charge in [-0.25, -0.2) is 13.2 Å². The van der Waals surface area contributed by atoms with Gasteiger partial charge in [-0.3, -0.25) is 4.79 Å². The Morgan fingerprint density at radius 1 is 1.32 bits per heavy atom. The lowest BCUT2D eigenvalue weighted by molar-refractivity contribution is -0.148. The maximum Gasteiger partial charge on any atom is 0.336 e. The second kappa shape index (κ2) is 7.67. The van der Waals surface area contributed by atoms with Crippen molar-refractivity contribution in [3.8, 4) is 0 Å². The SMILES string of the molecule is Cc1cc2oc(=O)cc(COC(=O)[C@@H]3CCCN3S(C)(=O)=O)c2cc1C(C)C. The Balaban J connectivity index is 1.89. The minimum Gasteiger partial charge on any atom is -0.460 e. The number of carbonyl (C=O) groups excluding carboxylic acids is 1. The molecule has 0 amide bonds. The van der Waals surface area contributed by atoms with E-state index in [1.165, 1.54) is 10.4 Å². The van der Waals surface area contributed by atoms with Crippen LogP contribution >= 0.6 is 0 Å². The smallest absolute Gasteiger partial charge is 0.336 e. The number of rotatable bonds is 5. The number of esters is 1. The van der Waals surface area contributed by atoms with E-state index < -0.39 is 27.7 Å². The Morgan fingerprint density at radius 3 is 2.68 bits per heavy atom. The Hall–Kier alpha value is -2.19. The zero-order valence-corrected chi connectivity index (χ0v) is 17.3. The van der Waals surface area contributed by atoms with Gasteiger partial charge in [0.2, 0.25) is 10.0 Å². The third-order valence-electron chi connectivity index (χ3n) is 5.11. The molecule has 152 valence electrons. The molecular weight excluding hydrogens is 382 g/mol. The lowest BCUT2D eigenvalue weighted by Gasteiger charge is -2.20. The van der Waals surface area contributed by atoms with Crippen molar-refractivity contribution in [3.63, 3.8) is 0 Å². The Kier molecular flexibility index (Phi) is 5.63. The van der Waals surface area contributed by atoms with E-state index in [0.717, 1.165) is 17.4 Å². The van der Waals surface area contributed by atoms with Gasteiger partial charge in [-0.2, -0.15) is 4.31 Å². The van der Waals surface area contributed by atoms with Crippen molar-refractivity contribution >= 4 is 27.0 Å². The first kappa shape index (κ1) is 20.5. The minimum atomic E-state index is -3.47. The van der Waals surface area contributed by atoms with Crippen molar-refractivity contribution in [1.29, 1.82) is 0 Å². The van der Waals surface area contributed by atoms with Gasteiger partial charge in [-0.15, -0.1) is 0 Å². The Bertz CT molecular complexity index is 1070. The monoisotopic (exact) mass is 407 g/mol. The van der Waals surface area contributed by atoms with Crippen LogP contribution in [-0.4, -0.2) is 37.5 Å². The molecule has 0 N–H and O–H groups in total. The molecule has 3 rings (SSSR count). The molecule has 1 aliphatic heterocycles. The van der Waals surface area contributed by atoms with Gasteiger partial charge in [0.1, 0.15) is 18.2 Å². The Labute approximate surface area is 164 Å². The van der Waals surface area contributed by atoms with E-state index in [-0.39, 0.29) is 12.5 Å². The van der Waals surface area contributed by atoms with E-state index in [4.69, 9.17) is 9.15 Å². The van der Waals surface area contributed by atoms with Gasteiger partial charge < -0.3 is 9.15 Å². The number of aryl methyl sites for hydroxylation is 1. The predicted molar refractivity (Wildman–Crippen MR) is 106 cm³/mol. The van der Waals surface area contributed by atoms with Crippen molar-refractivity contribution in [3.05, 3.63) is 45.3 Å². The lowest BCUT2D eigenvalue weighted by Crippen LogP contribution is -2.40. The number of ether oxygens (including phenoxy) is 1. The van der Waals surface area contributed by atoms with Crippen LogP contribution in [0.5, 0.6) is 0 Å². The number of hydrogen-bond acceptors (Lipinski definition) is 6. The summed E-state index contributed by atoms with van der Waals surface area (Å²) >= 11 is 0. The van der Waals surface area contributed by atoms with E-state index in [0.29, 0.717) is 35.9 Å². The first-order valence-corrected chi connectivity index (χ1v) is 11.1. The largest absolute Gasteiger partial charge is 0.460 e. The van der Waals surface area contributed by atoms with Crippen LogP contribution in [0.15, 0.2) is 27.4 Å². The zero-order chi connectivity index (χ0) is 20.6. The quantitative estimate of drug-likeness (QED) is 0.559. The molecule has 0 spiro atoms. The molecule has 7 nitrogen and oxygen atoms in total. The Morgan fingerprint density at radius 2 is 2.04 bits per heavy atom. The summed E-state index contributed by atoms with van der Waals surface area (Å²) in [6.07, 6.45) is 2.13. The highest BCUT2D eigenvalue weighted by Crippen LogP contribution is 2.28. The number of fused-ring (bicyclic) bond motifs is 1. The molecule has 2 heterocycles. The molecule has 8 heteroatoms. The molecule has 1 aromatic carbocycles. The molecule has 0 saturated carbocycles. The summed E-state index contributed by atoms with van der Waals surface area (Å²) in [5.41, 5.74) is 2.61. The molecule has 1 atom stereocenters. The molecule has 1 aromatic heterocycles. The minimum absolute atomic E-state index is 0.115. The molecule has 0 radical (unpaired) electrons. The standard InChI is InChI=1S/C20H25NO6S/c1-12(2)15-10-16-14(9-19(22)27-18(16)8-13(15)3)11-26-20(23)17-6-5-7-21(17)28(4,24)25/h8-10,12,17H,5-7,11H2,1-4H3/t17-/m0/s1. The molecular formula is C20H25NO6S. The second-order valence-electron chi connectivity index (χ2n) is 7.59. The predicted octanol–water partition coefficient (Wildman–Crippen LogP) is 2.69. The lowest BCUT2D eigenvalue weighted by atomic mass is 9.95. The molecule has 1 fully saturated rings. The molecule has 28 heavy (non-hydrogen) atoms. The highest BCUT2D eigenvalue weighted by Gasteiger charge is 2.37. The van der Waals surface area contributed by atoms with E-state index >= 15 is 0 Å². The van der Waals surface area contributed by atoms with Crippen molar-refractivity contribution in [2.24, 2.45) is 0 Å². The van der Waals surface area contributed by atoms with Gasteiger partial charge in [0.25, 0.3) is 0 Å². The van der Waals surface area contributed by atoms with Crippen molar-refractivity contribution in [2.75, 3.05) is 12.8 Å². The van der Waals surface area contributed by atoms with Crippen LogP contribution in [0.3, 0.4) is 0 Å². The topological polar surface area (TPSA) is 93.9 Å². The van der Waals surface area contributed by atoms with Gasteiger partial charge >= 0.3 is 11.6 Å². The van der Waals surface area contributed by atoms with Gasteiger partial charge in [0.05, 0.1) is 6.26 Å². The number of hydrogen-bond donors (Lipinski definition) is 0. The summed E-state index contributed by atoms with van der Waals surface area (Å²) in [6, 6.07) is 4.28. The molecule has 0 bridgehead atoms. The van der Waals surface area contributed by atoms with E-state index in [9.17, 15) is 18.0 Å². The molecule has 1 aliphatic rings. The van der Waals surface area contributed by atoms with Gasteiger partial charge in [0, 0.05) is 23.6 Å². The fourth-order valence-electron chi connectivity index (χ4n) is 3.75. The number of sulfonamides is 1. The van der Waals surface area contributed by atoms with Crippen LogP contribution in [0.25, 0.3) is 11.0 Å². The number of nitrogens with zero attached hydrogens (tertiary/aromatic N) is 1. The van der Waals surface area contributed by atoms with Crippen LogP contribution in [0.1, 0.15) is 49.3 Å². The number of carbonyl (C=O) groups is 1. The third-order valence-corrected chi connectivity index (χ3v) is 6.40. The summed E-state index contributed by atoms with van der Waals surface area (Å²) in [7, 11) is -3.47. The summed E-state index contributed by atoms with van der Waals surface area (Å²) < 4.78 is 35.6. The van der Waals surface area contributed by atoms with Crippen molar-refractivity contribution in [2.45, 2.75) is 52.2 Å². The van der Waals surface area contributed by atoms with E-state index in [2.05, 4.69) is 13.8 Å². The average molecular weight is 407 g/mol. The van der Waals surface area contributed by atoms with Crippen LogP contribution in [0.4, 0.5) is 0 Å². The fraction of sp³-hybridized carbons (Fsp3) is 0.500. The second-order valence-corrected chi connectivity index (χ2v) is 9.52. The van der Waals surface area contributed by atoms with Gasteiger partial charge in [0.15, 0.2) is 0 Å². The summed E-state index contributed by atoms with van der Waals surface area (Å²) in [5.74, 6) is -0.311. The maximum absolute atomic E-state index is 12.5. The van der Waals surface area contributed by atoms with Crippen LogP contribution in [-0.2, 0) is 26.2 Å². The average Bonchev–Trinajstić information content (AvgIpc) is 3.08. The van der Waals surface area contributed by atoms with E-state index in [1.54, 1.807) is 0 Å². The maximum atomic E-state index is 12.5. The molecule has 2 aromatic rings. The third kappa shape index (κ3) is 4.12. The molecule has 0 aliphatic carbocycles. The van der Waals surface area contributed by atoms with Gasteiger partial charge in [-0.1, -0.05) is 13.8 Å². The fourth-order valence-corrected chi connectivity index (χ4v) is 4.87. The first-order chi connectivity index (χ1) is 13.1. The van der Waals surface area contributed by atoms with Crippen molar-refractivity contribution in [1.82, 2.24) is 4.31 Å². The van der Waals surface area contributed by atoms with Crippen LogP contribution < -0.4 is 5.63 Å². The zero-order valence-electron chi connectivity index (χ0n) is 16.5. The summed E-state index contributed by atoms with van der Waals surface area (Å²) in [5, 5.41) is 0.716. The normalized spacial score (nSPS) is 18.1. The van der Waals surface area contributed by atoms with Crippen molar-refractivity contribution < 1.29 is 22.4 Å². The van der Waals surface area contributed by atoms with Crippen LogP contribution in [0.2, 0.25) is 0 Å². The van der Waals surface area contributed by atoms with Crippen LogP contribution in [0, 0.1) is 6.92 Å². The molecule has 0 unspecified atom stereocenters. The number of benzene rings is 1. The van der Waals surface area contributed by atoms with E-state index in [1.807, 2.05) is 19.1 Å².